The molecule has 1 atom stereocenters. The van der Waals surface area contributed by atoms with Crippen LogP contribution >= 0.6 is 11.6 Å². The summed E-state index contributed by atoms with van der Waals surface area (Å²) >= 11 is 5.73. The summed E-state index contributed by atoms with van der Waals surface area (Å²) in [6.07, 6.45) is -3.90. The van der Waals surface area contributed by atoms with Gasteiger partial charge in [0.05, 0.1) is 12.1 Å². The number of amides is 1. The summed E-state index contributed by atoms with van der Waals surface area (Å²) in [4.78, 5) is 15.5. The van der Waals surface area contributed by atoms with Crippen molar-refractivity contribution in [1.82, 2.24) is 10.3 Å². The lowest BCUT2D eigenvalue weighted by Crippen LogP contribution is -2.36. The Kier molecular flexibility index (Phi) is 6.44. The molecule has 0 fully saturated rings. The Bertz CT molecular complexity index is 767. The maximum Gasteiger partial charge on any atom is 0.417 e. The number of aromatic nitrogens is 1. The van der Waals surface area contributed by atoms with Crippen molar-refractivity contribution >= 4 is 17.5 Å². The van der Waals surface area contributed by atoms with Gasteiger partial charge in [-0.1, -0.05) is 41.4 Å². The van der Waals surface area contributed by atoms with E-state index in [0.29, 0.717) is 11.8 Å². The summed E-state index contributed by atoms with van der Waals surface area (Å²) in [7, 11) is 0. The van der Waals surface area contributed by atoms with Gasteiger partial charge in [0, 0.05) is 6.20 Å². The molecule has 140 valence electrons. The van der Waals surface area contributed by atoms with Crippen LogP contribution in [0.2, 0.25) is 5.02 Å². The van der Waals surface area contributed by atoms with Gasteiger partial charge in [0.15, 0.2) is 0 Å². The number of hydrogen-bond donors (Lipinski definition) is 2. The number of nitrogens with one attached hydrogen (secondary N) is 1. The highest BCUT2D eigenvalue weighted by Gasteiger charge is 2.31. The number of nitrogens with zero attached hydrogens (tertiary/aromatic N) is 1. The van der Waals surface area contributed by atoms with E-state index < -0.39 is 23.7 Å². The third kappa shape index (κ3) is 5.34. The molecular weight excluding hydrogens is 371 g/mol. The number of carbonyl (C=O) groups is 1. The molecule has 1 amide bonds. The van der Waals surface area contributed by atoms with Crippen LogP contribution in [-0.2, 0) is 11.0 Å². The van der Waals surface area contributed by atoms with Crippen LogP contribution in [0.4, 0.5) is 13.2 Å². The second-order valence-corrected chi connectivity index (χ2v) is 5.94. The highest BCUT2D eigenvalue weighted by atomic mass is 35.5. The fourth-order valence-electron chi connectivity index (χ4n) is 2.04. The molecule has 26 heavy (non-hydrogen) atoms. The molecule has 5 nitrogen and oxygen atoms in total. The molecule has 0 aliphatic heterocycles. The van der Waals surface area contributed by atoms with Gasteiger partial charge in [-0.25, -0.2) is 4.98 Å². The Balaban J connectivity index is 1.83. The fraction of sp³-hybridized carbons (Fsp3) is 0.294. The summed E-state index contributed by atoms with van der Waals surface area (Å²) in [5, 5.41) is 2.32. The van der Waals surface area contributed by atoms with Gasteiger partial charge in [-0.05, 0) is 18.6 Å². The molecular formula is C17H17ClF3N3O2. The number of carbonyl (C=O) groups excluding carboxylic acids is 1. The van der Waals surface area contributed by atoms with E-state index in [4.69, 9.17) is 22.1 Å². The first-order valence-electron chi connectivity index (χ1n) is 7.64. The van der Waals surface area contributed by atoms with Crippen LogP contribution in [0.15, 0.2) is 36.5 Å². The van der Waals surface area contributed by atoms with Crippen molar-refractivity contribution in [1.29, 1.82) is 0 Å². The molecule has 3 N–H and O–H groups in total. The lowest BCUT2D eigenvalue weighted by atomic mass is 10.1. The second kappa shape index (κ2) is 8.37. The Morgan fingerprint density at radius 2 is 2.00 bits per heavy atom. The van der Waals surface area contributed by atoms with Gasteiger partial charge < -0.3 is 15.8 Å². The monoisotopic (exact) mass is 387 g/mol. The van der Waals surface area contributed by atoms with Crippen LogP contribution in [0.25, 0.3) is 0 Å². The summed E-state index contributed by atoms with van der Waals surface area (Å²) in [6.45, 7) is 2.00. The molecule has 1 heterocycles. The van der Waals surface area contributed by atoms with Crippen LogP contribution in [0.3, 0.4) is 0 Å². The number of benzene rings is 1. The van der Waals surface area contributed by atoms with Gasteiger partial charge in [-0.2, -0.15) is 13.2 Å². The molecule has 0 bridgehead atoms. The number of hydrogen-bond acceptors (Lipinski definition) is 4. The lowest BCUT2D eigenvalue weighted by molar-refractivity contribution is -0.137. The zero-order chi connectivity index (χ0) is 19.3. The molecule has 0 aliphatic rings. The van der Waals surface area contributed by atoms with Crippen LogP contribution < -0.4 is 15.8 Å². The van der Waals surface area contributed by atoms with E-state index in [1.165, 1.54) is 0 Å². The van der Waals surface area contributed by atoms with Gasteiger partial charge in [0.25, 0.3) is 0 Å². The van der Waals surface area contributed by atoms with E-state index in [9.17, 15) is 18.0 Å². The molecule has 1 aromatic carbocycles. The van der Waals surface area contributed by atoms with Crippen molar-refractivity contribution in [2.24, 2.45) is 5.73 Å². The average Bonchev–Trinajstić information content (AvgIpc) is 2.58. The molecule has 0 saturated heterocycles. The highest BCUT2D eigenvalue weighted by Crippen LogP contribution is 2.32. The van der Waals surface area contributed by atoms with E-state index in [1.54, 1.807) is 12.1 Å². The third-order valence-electron chi connectivity index (χ3n) is 3.49. The summed E-state index contributed by atoms with van der Waals surface area (Å²) in [5.74, 6) is -0.541. The predicted molar refractivity (Wildman–Crippen MR) is 90.9 cm³/mol. The maximum absolute atomic E-state index is 12.5. The minimum absolute atomic E-state index is 0.0234. The lowest BCUT2D eigenvalue weighted by Gasteiger charge is -2.14. The van der Waals surface area contributed by atoms with Crippen molar-refractivity contribution < 1.29 is 22.7 Å². The minimum atomic E-state index is -4.53. The molecule has 2 rings (SSSR count). The number of ether oxygens (including phenoxy) is 1. The topological polar surface area (TPSA) is 77.2 Å². The molecule has 0 radical (unpaired) electrons. The Hall–Kier alpha value is -2.32. The number of aryl methyl sites for hydroxylation is 1. The minimum Gasteiger partial charge on any atom is -0.475 e. The number of alkyl halides is 3. The Labute approximate surface area is 153 Å². The van der Waals surface area contributed by atoms with Gasteiger partial charge in [0.2, 0.25) is 11.8 Å². The van der Waals surface area contributed by atoms with Crippen LogP contribution in [0.5, 0.6) is 5.88 Å². The normalized spacial score (nSPS) is 12.5. The zero-order valence-electron chi connectivity index (χ0n) is 13.8. The zero-order valence-corrected chi connectivity index (χ0v) is 14.6. The third-order valence-corrected chi connectivity index (χ3v) is 3.76. The van der Waals surface area contributed by atoms with Gasteiger partial charge in [-0.3, -0.25) is 4.79 Å². The standard InChI is InChI=1S/C17H17ClF3N3O2/c1-10-2-4-11(5-3-10)14(22)15(25)23-6-7-26-16-13(18)8-12(9-24-16)17(19,20)21/h2-5,8-9,14H,6-7,22H2,1H3,(H,23,25). The first-order chi connectivity index (χ1) is 12.2. The van der Waals surface area contributed by atoms with Crippen molar-refractivity contribution in [2.75, 3.05) is 13.2 Å². The molecule has 9 heteroatoms. The smallest absolute Gasteiger partial charge is 0.417 e. The van der Waals surface area contributed by atoms with E-state index in [1.807, 2.05) is 19.1 Å². The quantitative estimate of drug-likeness (QED) is 0.746. The van der Waals surface area contributed by atoms with E-state index in [0.717, 1.165) is 11.6 Å². The van der Waals surface area contributed by atoms with Gasteiger partial charge >= 0.3 is 6.18 Å². The van der Waals surface area contributed by atoms with Crippen LogP contribution in [0, 0.1) is 6.92 Å². The van der Waals surface area contributed by atoms with Crippen molar-refractivity contribution in [3.05, 3.63) is 58.2 Å². The molecule has 0 saturated carbocycles. The predicted octanol–water partition coefficient (Wildman–Crippen LogP) is 3.26. The summed E-state index contributed by atoms with van der Waals surface area (Å²) < 4.78 is 42.8. The highest BCUT2D eigenvalue weighted by molar-refractivity contribution is 6.31. The summed E-state index contributed by atoms with van der Waals surface area (Å²) in [6, 6.07) is 7.14. The fourth-order valence-corrected chi connectivity index (χ4v) is 2.26. The molecule has 1 unspecified atom stereocenters. The SMILES string of the molecule is Cc1ccc(C(N)C(=O)NCCOc2ncc(C(F)(F)F)cc2Cl)cc1. The van der Waals surface area contributed by atoms with E-state index >= 15 is 0 Å². The van der Waals surface area contributed by atoms with Gasteiger partial charge in [-0.15, -0.1) is 0 Å². The first kappa shape index (κ1) is 20.0. The second-order valence-electron chi connectivity index (χ2n) is 5.54. The molecule has 0 aliphatic carbocycles. The van der Waals surface area contributed by atoms with Crippen LogP contribution in [-0.4, -0.2) is 24.0 Å². The van der Waals surface area contributed by atoms with Gasteiger partial charge in [0.1, 0.15) is 17.7 Å². The Morgan fingerprint density at radius 3 is 2.58 bits per heavy atom. The average molecular weight is 388 g/mol. The summed E-state index contributed by atoms with van der Waals surface area (Å²) in [5.41, 5.74) is 6.62. The number of halogens is 4. The molecule has 1 aromatic heterocycles. The van der Waals surface area contributed by atoms with Crippen molar-refractivity contribution in [2.45, 2.75) is 19.1 Å². The molecule has 0 spiro atoms. The van der Waals surface area contributed by atoms with Crippen molar-refractivity contribution in [3.8, 4) is 5.88 Å². The maximum atomic E-state index is 12.5. The van der Waals surface area contributed by atoms with Crippen LogP contribution in [0.1, 0.15) is 22.7 Å². The first-order valence-corrected chi connectivity index (χ1v) is 8.01. The largest absolute Gasteiger partial charge is 0.475 e. The number of nitrogens with two attached hydrogens (primary N) is 1. The van der Waals surface area contributed by atoms with E-state index in [2.05, 4.69) is 10.3 Å². The number of rotatable bonds is 6. The van der Waals surface area contributed by atoms with Crippen molar-refractivity contribution in [3.63, 3.8) is 0 Å². The number of pyridine rings is 1. The molecule has 2 aromatic rings. The van der Waals surface area contributed by atoms with E-state index in [-0.39, 0.29) is 24.1 Å². The Morgan fingerprint density at radius 1 is 1.35 bits per heavy atom.